The average molecular weight is 359 g/mol. The van der Waals surface area contributed by atoms with Crippen molar-refractivity contribution in [1.82, 2.24) is 0 Å². The highest BCUT2D eigenvalue weighted by atomic mass is 127. The number of carbonyl (C=O) groups is 2. The summed E-state index contributed by atoms with van der Waals surface area (Å²) in [7, 11) is 0. The molecule has 0 heterocycles. The van der Waals surface area contributed by atoms with Crippen molar-refractivity contribution < 1.29 is 14.3 Å². The Labute approximate surface area is 117 Å². The molecule has 6 nitrogen and oxygen atoms in total. The van der Waals surface area contributed by atoms with Crippen LogP contribution in [-0.2, 0) is 9.53 Å². The van der Waals surface area contributed by atoms with Gasteiger partial charge in [0.25, 0.3) is 0 Å². The van der Waals surface area contributed by atoms with Gasteiger partial charge in [0.15, 0.2) is 0 Å². The van der Waals surface area contributed by atoms with Crippen molar-refractivity contribution in [2.75, 3.05) is 6.54 Å². The number of esters is 2. The largest absolute Gasteiger partial charge is 0.389 e. The number of hydrogen-bond acceptors (Lipinski definition) is 4. The van der Waals surface area contributed by atoms with Crippen molar-refractivity contribution in [1.29, 1.82) is 0 Å². The number of hydrogen-bond donors (Lipinski definition) is 0. The van der Waals surface area contributed by atoms with E-state index in [1.807, 2.05) is 22.6 Å². The van der Waals surface area contributed by atoms with Gasteiger partial charge in [0.2, 0.25) is 0 Å². The number of nitrogens with zero attached hydrogens (tertiary/aromatic N) is 3. The predicted octanol–water partition coefficient (Wildman–Crippen LogP) is 3.07. The molecule has 1 aromatic rings. The molecule has 18 heavy (non-hydrogen) atoms. The third-order valence-electron chi connectivity index (χ3n) is 2.00. The van der Waals surface area contributed by atoms with Gasteiger partial charge >= 0.3 is 11.9 Å². The topological polar surface area (TPSA) is 92.1 Å². The lowest BCUT2D eigenvalue weighted by Crippen LogP contribution is -2.13. The van der Waals surface area contributed by atoms with Gasteiger partial charge < -0.3 is 4.74 Å². The third-order valence-corrected chi connectivity index (χ3v) is 2.94. The Bertz CT molecular complexity index is 498. The summed E-state index contributed by atoms with van der Waals surface area (Å²) in [5.41, 5.74) is 8.41. The van der Waals surface area contributed by atoms with Crippen molar-refractivity contribution in [2.24, 2.45) is 5.11 Å². The molecule has 94 valence electrons. The lowest BCUT2D eigenvalue weighted by molar-refractivity contribution is -0.138. The molecule has 7 heteroatoms. The molecular weight excluding hydrogens is 349 g/mol. The number of benzene rings is 1. The fourth-order valence-corrected chi connectivity index (χ4v) is 1.78. The Morgan fingerprint density at radius 1 is 1.39 bits per heavy atom. The van der Waals surface area contributed by atoms with Crippen LogP contribution in [0.5, 0.6) is 0 Å². The smallest absolute Gasteiger partial charge is 0.346 e. The van der Waals surface area contributed by atoms with Gasteiger partial charge in [-0.3, -0.25) is 4.79 Å². The van der Waals surface area contributed by atoms with E-state index in [1.54, 1.807) is 24.3 Å². The molecule has 0 amide bonds. The van der Waals surface area contributed by atoms with Gasteiger partial charge in [0.1, 0.15) is 0 Å². The summed E-state index contributed by atoms with van der Waals surface area (Å²) in [6.45, 7) is 0.211. The minimum absolute atomic E-state index is 0.0498. The molecule has 0 saturated carbocycles. The lowest BCUT2D eigenvalue weighted by Gasteiger charge is -2.03. The molecule has 1 aromatic carbocycles. The van der Waals surface area contributed by atoms with Crippen LogP contribution in [0.4, 0.5) is 0 Å². The van der Waals surface area contributed by atoms with Gasteiger partial charge in [-0.25, -0.2) is 4.79 Å². The molecule has 0 bridgehead atoms. The quantitative estimate of drug-likeness (QED) is 0.154. The van der Waals surface area contributed by atoms with E-state index in [0.29, 0.717) is 12.0 Å². The first-order valence-corrected chi connectivity index (χ1v) is 6.23. The first kappa shape index (κ1) is 14.5. The molecule has 1 rings (SSSR count). The van der Waals surface area contributed by atoms with E-state index in [9.17, 15) is 9.59 Å². The standard InChI is InChI=1S/C11H10IN3O3/c12-9-5-2-1-4-8(9)11(17)18-10(16)6-3-7-14-15-13/h1-2,4-5H,3,6-7H2. The molecule has 0 N–H and O–H groups in total. The van der Waals surface area contributed by atoms with E-state index in [-0.39, 0.29) is 13.0 Å². The van der Waals surface area contributed by atoms with Gasteiger partial charge in [-0.15, -0.1) is 0 Å². The van der Waals surface area contributed by atoms with Crippen LogP contribution in [0.25, 0.3) is 10.4 Å². The van der Waals surface area contributed by atoms with Crippen molar-refractivity contribution in [3.05, 3.63) is 43.8 Å². The van der Waals surface area contributed by atoms with Crippen LogP contribution in [0.1, 0.15) is 23.2 Å². The minimum atomic E-state index is -0.659. The minimum Gasteiger partial charge on any atom is -0.389 e. The van der Waals surface area contributed by atoms with E-state index in [4.69, 9.17) is 5.53 Å². The zero-order valence-electron chi connectivity index (χ0n) is 9.38. The number of carbonyl (C=O) groups excluding carboxylic acids is 2. The zero-order valence-corrected chi connectivity index (χ0v) is 11.5. The predicted molar refractivity (Wildman–Crippen MR) is 72.8 cm³/mol. The second-order valence-electron chi connectivity index (χ2n) is 3.30. The maximum absolute atomic E-state index is 11.6. The maximum atomic E-state index is 11.6. The Balaban J connectivity index is 2.47. The van der Waals surface area contributed by atoms with E-state index in [0.717, 1.165) is 3.57 Å². The second-order valence-corrected chi connectivity index (χ2v) is 4.46. The maximum Gasteiger partial charge on any atom is 0.346 e. The Morgan fingerprint density at radius 3 is 2.78 bits per heavy atom. The van der Waals surface area contributed by atoms with Crippen LogP contribution >= 0.6 is 22.6 Å². The SMILES string of the molecule is [N-]=[N+]=NCCCC(=O)OC(=O)c1ccccc1I. The molecule has 0 radical (unpaired) electrons. The first-order valence-electron chi connectivity index (χ1n) is 5.15. The van der Waals surface area contributed by atoms with Crippen LogP contribution in [-0.4, -0.2) is 18.5 Å². The van der Waals surface area contributed by atoms with Crippen molar-refractivity contribution in [3.63, 3.8) is 0 Å². The number of rotatable bonds is 5. The summed E-state index contributed by atoms with van der Waals surface area (Å²) >= 11 is 1.99. The van der Waals surface area contributed by atoms with Crippen LogP contribution in [0.3, 0.4) is 0 Å². The first-order chi connectivity index (χ1) is 8.65. The molecular formula is C11H10IN3O3. The molecule has 0 fully saturated rings. The zero-order chi connectivity index (χ0) is 13.4. The summed E-state index contributed by atoms with van der Waals surface area (Å²) < 4.78 is 5.40. The molecule has 0 aliphatic heterocycles. The molecule has 0 aromatic heterocycles. The van der Waals surface area contributed by atoms with Crippen LogP contribution < -0.4 is 0 Å². The van der Waals surface area contributed by atoms with Gasteiger partial charge in [0, 0.05) is 21.4 Å². The lowest BCUT2D eigenvalue weighted by atomic mass is 10.2. The Hall–Kier alpha value is -1.60. The monoisotopic (exact) mass is 359 g/mol. The molecule has 0 aliphatic rings. The van der Waals surface area contributed by atoms with E-state index < -0.39 is 11.9 Å². The van der Waals surface area contributed by atoms with Gasteiger partial charge in [-0.1, -0.05) is 17.2 Å². The number of azide groups is 1. The highest BCUT2D eigenvalue weighted by Crippen LogP contribution is 2.13. The van der Waals surface area contributed by atoms with Crippen molar-refractivity contribution in [2.45, 2.75) is 12.8 Å². The molecule has 0 aliphatic carbocycles. The van der Waals surface area contributed by atoms with Gasteiger partial charge in [-0.2, -0.15) is 0 Å². The fourth-order valence-electron chi connectivity index (χ4n) is 1.17. The molecule has 0 saturated heterocycles. The van der Waals surface area contributed by atoms with Crippen molar-refractivity contribution in [3.8, 4) is 0 Å². The van der Waals surface area contributed by atoms with Gasteiger partial charge in [-0.05, 0) is 46.7 Å². The second kappa shape index (κ2) is 7.67. The highest BCUT2D eigenvalue weighted by Gasteiger charge is 2.14. The van der Waals surface area contributed by atoms with Crippen molar-refractivity contribution >= 4 is 34.5 Å². The summed E-state index contributed by atoms with van der Waals surface area (Å²) in [5, 5.41) is 3.28. The summed E-state index contributed by atoms with van der Waals surface area (Å²) in [4.78, 5) is 25.5. The normalized spacial score (nSPS) is 9.39. The van der Waals surface area contributed by atoms with Crippen LogP contribution in [0, 0.1) is 3.57 Å². The summed E-state index contributed by atoms with van der Waals surface area (Å²) in [6, 6.07) is 6.84. The van der Waals surface area contributed by atoms with Crippen LogP contribution in [0.2, 0.25) is 0 Å². The third kappa shape index (κ3) is 4.72. The van der Waals surface area contributed by atoms with Crippen LogP contribution in [0.15, 0.2) is 29.4 Å². The summed E-state index contributed by atoms with van der Waals surface area (Å²) in [5.74, 6) is -1.28. The van der Waals surface area contributed by atoms with E-state index in [1.165, 1.54) is 0 Å². The fraction of sp³-hybridized carbons (Fsp3) is 0.273. The molecule has 0 spiro atoms. The Morgan fingerprint density at radius 2 is 2.11 bits per heavy atom. The molecule has 0 atom stereocenters. The number of ether oxygens (including phenoxy) is 1. The van der Waals surface area contributed by atoms with E-state index >= 15 is 0 Å². The van der Waals surface area contributed by atoms with E-state index in [2.05, 4.69) is 14.8 Å². The highest BCUT2D eigenvalue weighted by molar-refractivity contribution is 14.1. The Kier molecular flexibility index (Phi) is 6.16. The number of halogens is 1. The van der Waals surface area contributed by atoms with Gasteiger partial charge in [0.05, 0.1) is 5.56 Å². The summed E-state index contributed by atoms with van der Waals surface area (Å²) in [6.07, 6.45) is 0.413. The average Bonchev–Trinajstić information content (AvgIpc) is 2.35. The molecule has 0 unspecified atom stereocenters.